The van der Waals surface area contributed by atoms with Crippen molar-refractivity contribution in [2.45, 2.75) is 18.9 Å². The van der Waals surface area contributed by atoms with Crippen molar-refractivity contribution >= 4 is 27.8 Å². The van der Waals surface area contributed by atoms with E-state index in [0.717, 1.165) is 58.1 Å². The largest absolute Gasteiger partial charge is 0.371 e. The Morgan fingerprint density at radius 1 is 0.875 bits per heavy atom. The number of hydrogen-bond donors (Lipinski definition) is 3. The summed E-state index contributed by atoms with van der Waals surface area (Å²) < 4.78 is 0. The Hall–Kier alpha value is -3.71. The maximum Gasteiger partial charge on any atom is 0.157 e. The summed E-state index contributed by atoms with van der Waals surface area (Å²) >= 11 is 0. The molecule has 0 atom stereocenters. The Morgan fingerprint density at radius 3 is 2.41 bits per heavy atom. The van der Waals surface area contributed by atoms with E-state index < -0.39 is 0 Å². The molecule has 0 aliphatic carbocycles. The van der Waals surface area contributed by atoms with E-state index in [4.69, 9.17) is 4.98 Å². The maximum atomic E-state index is 4.84. The summed E-state index contributed by atoms with van der Waals surface area (Å²) in [6.07, 6.45) is 4.13. The van der Waals surface area contributed by atoms with Crippen LogP contribution in [0.2, 0.25) is 0 Å². The molecule has 1 fully saturated rings. The lowest BCUT2D eigenvalue weighted by atomic mass is 10.0. The summed E-state index contributed by atoms with van der Waals surface area (Å²) in [6.45, 7) is 2.15. The molecule has 3 N–H and O–H groups in total. The van der Waals surface area contributed by atoms with E-state index in [1.807, 2.05) is 24.3 Å². The lowest BCUT2D eigenvalue weighted by Gasteiger charge is -2.33. The maximum absolute atomic E-state index is 4.84. The van der Waals surface area contributed by atoms with Crippen LogP contribution in [-0.2, 0) is 0 Å². The average molecular weight is 424 g/mol. The van der Waals surface area contributed by atoms with Crippen LogP contribution in [0.3, 0.4) is 0 Å². The van der Waals surface area contributed by atoms with Crippen molar-refractivity contribution in [3.63, 3.8) is 0 Å². The molecule has 32 heavy (non-hydrogen) atoms. The van der Waals surface area contributed by atoms with Gasteiger partial charge in [-0.25, -0.2) is 9.97 Å². The third kappa shape index (κ3) is 3.40. The standard InChI is InChI=1S/C25H25N7/c1-26-17-9-12-32(13-10-17)18-6-8-20-23(15-18)30-24(28-20)16-5-7-19-22(14-16)31-25(29-19)21-4-2-3-11-27-21/h2-8,11,14-15,17,26H,9-10,12-13H2,1H3,(H,28,30)(H,29,31). The van der Waals surface area contributed by atoms with Crippen LogP contribution in [0.25, 0.3) is 45.0 Å². The van der Waals surface area contributed by atoms with Crippen LogP contribution in [0.15, 0.2) is 60.8 Å². The number of aromatic nitrogens is 5. The molecular formula is C25H25N7. The zero-order chi connectivity index (χ0) is 21.5. The van der Waals surface area contributed by atoms with E-state index in [-0.39, 0.29) is 0 Å². The molecule has 0 amide bonds. The minimum absolute atomic E-state index is 0.629. The number of pyridine rings is 1. The minimum atomic E-state index is 0.629. The quantitative estimate of drug-likeness (QED) is 0.400. The molecule has 1 saturated heterocycles. The number of hydrogen-bond acceptors (Lipinski definition) is 5. The van der Waals surface area contributed by atoms with E-state index in [0.29, 0.717) is 6.04 Å². The second-order valence-corrected chi connectivity index (χ2v) is 8.37. The Morgan fingerprint density at radius 2 is 1.62 bits per heavy atom. The molecule has 4 heterocycles. The number of piperidine rings is 1. The van der Waals surface area contributed by atoms with Gasteiger partial charge in [0.1, 0.15) is 11.5 Å². The van der Waals surface area contributed by atoms with Crippen molar-refractivity contribution in [2.75, 3.05) is 25.0 Å². The summed E-state index contributed by atoms with van der Waals surface area (Å²) in [5.74, 6) is 1.64. The third-order valence-corrected chi connectivity index (χ3v) is 6.40. The molecule has 1 aliphatic rings. The van der Waals surface area contributed by atoms with Crippen LogP contribution < -0.4 is 10.2 Å². The highest BCUT2D eigenvalue weighted by molar-refractivity contribution is 5.86. The topological polar surface area (TPSA) is 85.5 Å². The SMILES string of the molecule is CNC1CCN(c2ccc3nc(-c4ccc5nc(-c6ccccn6)[nH]c5c4)[nH]c3c2)CC1. The number of H-pyrrole nitrogens is 2. The van der Waals surface area contributed by atoms with Gasteiger partial charge in [-0.3, -0.25) is 4.98 Å². The Labute approximate surface area is 185 Å². The number of rotatable bonds is 4. The lowest BCUT2D eigenvalue weighted by molar-refractivity contribution is 0.442. The molecular weight excluding hydrogens is 398 g/mol. The number of nitrogens with one attached hydrogen (secondary N) is 3. The Kier molecular flexibility index (Phi) is 4.61. The fourth-order valence-corrected chi connectivity index (χ4v) is 4.54. The fraction of sp³-hybridized carbons (Fsp3) is 0.240. The van der Waals surface area contributed by atoms with Gasteiger partial charge in [-0.05, 0) is 68.4 Å². The van der Waals surface area contributed by atoms with Crippen LogP contribution >= 0.6 is 0 Å². The molecule has 3 aromatic heterocycles. The molecule has 0 radical (unpaired) electrons. The number of benzene rings is 2. The molecule has 0 spiro atoms. The first-order chi connectivity index (χ1) is 15.8. The van der Waals surface area contributed by atoms with Crippen molar-refractivity contribution in [1.29, 1.82) is 0 Å². The van der Waals surface area contributed by atoms with Gasteiger partial charge in [0.15, 0.2) is 5.82 Å². The number of imidazole rings is 2. The van der Waals surface area contributed by atoms with Crippen LogP contribution in [-0.4, -0.2) is 51.1 Å². The summed E-state index contributed by atoms with van der Waals surface area (Å²) in [5.41, 5.74) is 7.04. The van der Waals surface area contributed by atoms with Crippen molar-refractivity contribution in [3.8, 4) is 22.9 Å². The van der Waals surface area contributed by atoms with E-state index in [9.17, 15) is 0 Å². The van der Waals surface area contributed by atoms with Crippen molar-refractivity contribution in [1.82, 2.24) is 30.2 Å². The molecule has 0 bridgehead atoms. The highest BCUT2D eigenvalue weighted by Crippen LogP contribution is 2.28. The van der Waals surface area contributed by atoms with E-state index in [2.05, 4.69) is 67.5 Å². The molecule has 5 aromatic rings. The first-order valence-corrected chi connectivity index (χ1v) is 11.1. The van der Waals surface area contributed by atoms with Gasteiger partial charge >= 0.3 is 0 Å². The van der Waals surface area contributed by atoms with E-state index in [1.54, 1.807) is 6.20 Å². The second-order valence-electron chi connectivity index (χ2n) is 8.37. The summed E-state index contributed by atoms with van der Waals surface area (Å²) in [5, 5.41) is 3.40. The van der Waals surface area contributed by atoms with Gasteiger partial charge in [0.2, 0.25) is 0 Å². The minimum Gasteiger partial charge on any atom is -0.371 e. The number of fused-ring (bicyclic) bond motifs is 2. The normalized spacial score (nSPS) is 15.1. The molecule has 2 aromatic carbocycles. The second kappa shape index (κ2) is 7.76. The zero-order valence-electron chi connectivity index (χ0n) is 18.0. The van der Waals surface area contributed by atoms with Crippen LogP contribution in [0, 0.1) is 0 Å². The number of aromatic amines is 2. The Balaban J connectivity index is 1.30. The zero-order valence-corrected chi connectivity index (χ0v) is 18.0. The third-order valence-electron chi connectivity index (χ3n) is 6.40. The van der Waals surface area contributed by atoms with Crippen molar-refractivity contribution in [2.24, 2.45) is 0 Å². The first kappa shape index (κ1) is 19.0. The predicted octanol–water partition coefficient (Wildman–Crippen LogP) is 4.36. The van der Waals surface area contributed by atoms with Gasteiger partial charge < -0.3 is 20.2 Å². The molecule has 7 heteroatoms. The number of nitrogens with zero attached hydrogens (tertiary/aromatic N) is 4. The smallest absolute Gasteiger partial charge is 0.157 e. The molecule has 160 valence electrons. The van der Waals surface area contributed by atoms with Gasteiger partial charge in [0, 0.05) is 36.6 Å². The summed E-state index contributed by atoms with van der Waals surface area (Å²) in [6, 6.07) is 19.2. The Bertz CT molecular complexity index is 1380. The molecule has 1 aliphatic heterocycles. The van der Waals surface area contributed by atoms with Gasteiger partial charge in [0.05, 0.1) is 22.1 Å². The summed E-state index contributed by atoms with van der Waals surface area (Å²) in [4.78, 5) is 23.3. The predicted molar refractivity (Wildman–Crippen MR) is 129 cm³/mol. The van der Waals surface area contributed by atoms with Crippen LogP contribution in [0.1, 0.15) is 12.8 Å². The highest BCUT2D eigenvalue weighted by Gasteiger charge is 2.18. The van der Waals surface area contributed by atoms with Gasteiger partial charge in [0.25, 0.3) is 0 Å². The van der Waals surface area contributed by atoms with E-state index in [1.165, 1.54) is 18.5 Å². The van der Waals surface area contributed by atoms with Gasteiger partial charge in [-0.15, -0.1) is 0 Å². The van der Waals surface area contributed by atoms with Crippen molar-refractivity contribution in [3.05, 3.63) is 60.8 Å². The average Bonchev–Trinajstić information content (AvgIpc) is 3.48. The van der Waals surface area contributed by atoms with E-state index >= 15 is 0 Å². The van der Waals surface area contributed by atoms with Crippen molar-refractivity contribution < 1.29 is 0 Å². The van der Waals surface area contributed by atoms with Gasteiger partial charge in [-0.2, -0.15) is 0 Å². The molecule has 6 rings (SSSR count). The van der Waals surface area contributed by atoms with Gasteiger partial charge in [-0.1, -0.05) is 6.07 Å². The highest BCUT2D eigenvalue weighted by atomic mass is 15.1. The molecule has 0 unspecified atom stereocenters. The monoisotopic (exact) mass is 423 g/mol. The fourth-order valence-electron chi connectivity index (χ4n) is 4.54. The van der Waals surface area contributed by atoms with Crippen LogP contribution in [0.5, 0.6) is 0 Å². The first-order valence-electron chi connectivity index (χ1n) is 11.1. The number of anilines is 1. The summed E-state index contributed by atoms with van der Waals surface area (Å²) in [7, 11) is 2.05. The van der Waals surface area contributed by atoms with Crippen LogP contribution in [0.4, 0.5) is 5.69 Å². The lowest BCUT2D eigenvalue weighted by Crippen LogP contribution is -2.41. The molecule has 0 saturated carbocycles. The molecule has 7 nitrogen and oxygen atoms in total.